The van der Waals surface area contributed by atoms with Crippen molar-refractivity contribution >= 4 is 28.6 Å². The third kappa shape index (κ3) is 3.32. The van der Waals surface area contributed by atoms with Crippen LogP contribution in [0.25, 0.3) is 11.1 Å². The standard InChI is InChI=1S/C24H26FN3O3/c1-24(23(30)26-17-8-4-2-3-5-9-17)15-27-19-11-12-31-21(19)14-20(27)22(29)28(24)18-10-6-7-16(25)13-18/h6-7,10-14,17H,2-5,8-9,15H2,1H3,(H,26,30). The highest BCUT2D eigenvalue weighted by Crippen LogP contribution is 2.36. The Morgan fingerprint density at radius 3 is 2.68 bits per heavy atom. The molecule has 1 N–H and O–H groups in total. The summed E-state index contributed by atoms with van der Waals surface area (Å²) >= 11 is 0. The normalized spacial score (nSPS) is 22.4. The number of rotatable bonds is 3. The number of benzene rings is 1. The number of amides is 2. The van der Waals surface area contributed by atoms with Gasteiger partial charge in [0, 0.05) is 23.9 Å². The van der Waals surface area contributed by atoms with E-state index in [1.807, 2.05) is 4.57 Å². The maximum Gasteiger partial charge on any atom is 0.276 e. The molecule has 0 saturated heterocycles. The number of halogens is 1. The molecule has 1 aromatic carbocycles. The van der Waals surface area contributed by atoms with Crippen molar-refractivity contribution < 1.29 is 18.4 Å². The zero-order valence-corrected chi connectivity index (χ0v) is 17.6. The highest BCUT2D eigenvalue weighted by atomic mass is 19.1. The minimum Gasteiger partial charge on any atom is -0.463 e. The number of nitrogens with one attached hydrogen (secondary N) is 1. The molecule has 1 unspecified atom stereocenters. The summed E-state index contributed by atoms with van der Waals surface area (Å²) in [6.45, 7) is 2.02. The molecule has 31 heavy (non-hydrogen) atoms. The Hall–Kier alpha value is -3.09. The summed E-state index contributed by atoms with van der Waals surface area (Å²) in [6, 6.07) is 9.44. The fourth-order valence-electron chi connectivity index (χ4n) is 5.00. The van der Waals surface area contributed by atoms with Crippen LogP contribution < -0.4 is 10.2 Å². The Balaban J connectivity index is 1.58. The van der Waals surface area contributed by atoms with Gasteiger partial charge in [0.05, 0.1) is 18.3 Å². The number of anilines is 1. The van der Waals surface area contributed by atoms with Gasteiger partial charge in [0.15, 0.2) is 5.58 Å². The van der Waals surface area contributed by atoms with Crippen LogP contribution in [-0.4, -0.2) is 28.0 Å². The van der Waals surface area contributed by atoms with Crippen LogP contribution >= 0.6 is 0 Å². The average Bonchev–Trinajstić information content (AvgIpc) is 3.23. The SMILES string of the molecule is CC1(C(=O)NC2CCCCCC2)Cn2c(cc3occc32)C(=O)N1c1cccc(F)c1. The first kappa shape index (κ1) is 19.8. The van der Waals surface area contributed by atoms with Crippen LogP contribution in [0.4, 0.5) is 10.1 Å². The summed E-state index contributed by atoms with van der Waals surface area (Å²) < 4.78 is 21.4. The quantitative estimate of drug-likeness (QED) is 0.625. The summed E-state index contributed by atoms with van der Waals surface area (Å²) in [4.78, 5) is 28.8. The Morgan fingerprint density at radius 1 is 1.16 bits per heavy atom. The van der Waals surface area contributed by atoms with Gasteiger partial charge in [-0.05, 0) is 38.0 Å². The Kier molecular flexibility index (Phi) is 4.84. The highest BCUT2D eigenvalue weighted by molar-refractivity contribution is 6.13. The molecule has 2 aromatic heterocycles. The molecule has 3 heterocycles. The molecule has 2 aliphatic rings. The first-order valence-electron chi connectivity index (χ1n) is 11.0. The molecule has 3 aromatic rings. The number of fused-ring (bicyclic) bond motifs is 3. The number of carbonyl (C=O) groups excluding carboxylic acids is 2. The zero-order chi connectivity index (χ0) is 21.6. The molecule has 0 radical (unpaired) electrons. The fraction of sp³-hybridized carbons (Fsp3) is 0.417. The maximum absolute atomic E-state index is 14.1. The molecule has 2 amide bonds. The average molecular weight is 423 g/mol. The van der Waals surface area contributed by atoms with E-state index >= 15 is 0 Å². The van der Waals surface area contributed by atoms with E-state index in [9.17, 15) is 14.0 Å². The van der Waals surface area contributed by atoms with Gasteiger partial charge in [-0.15, -0.1) is 0 Å². The van der Waals surface area contributed by atoms with Crippen molar-refractivity contribution in [1.29, 1.82) is 0 Å². The van der Waals surface area contributed by atoms with Gasteiger partial charge in [0.2, 0.25) is 5.91 Å². The van der Waals surface area contributed by atoms with Crippen LogP contribution in [-0.2, 0) is 11.3 Å². The fourth-order valence-corrected chi connectivity index (χ4v) is 5.00. The second-order valence-corrected chi connectivity index (χ2v) is 8.84. The van der Waals surface area contributed by atoms with Crippen molar-refractivity contribution in [2.75, 3.05) is 4.90 Å². The number of nitrogens with zero attached hydrogens (tertiary/aromatic N) is 2. The number of aromatic nitrogens is 1. The number of carbonyl (C=O) groups is 2. The molecule has 1 aliphatic heterocycles. The lowest BCUT2D eigenvalue weighted by Crippen LogP contribution is -2.65. The van der Waals surface area contributed by atoms with E-state index in [2.05, 4.69) is 5.32 Å². The lowest BCUT2D eigenvalue weighted by Gasteiger charge is -2.44. The molecule has 5 rings (SSSR count). The molecule has 1 aliphatic carbocycles. The van der Waals surface area contributed by atoms with Gasteiger partial charge in [-0.2, -0.15) is 0 Å². The Bertz CT molecular complexity index is 1140. The first-order valence-corrected chi connectivity index (χ1v) is 11.0. The monoisotopic (exact) mass is 423 g/mol. The molecule has 7 heteroatoms. The summed E-state index contributed by atoms with van der Waals surface area (Å²) in [5.41, 5.74) is 0.950. The van der Waals surface area contributed by atoms with Gasteiger partial charge >= 0.3 is 0 Å². The third-order valence-corrected chi connectivity index (χ3v) is 6.65. The molecule has 6 nitrogen and oxygen atoms in total. The van der Waals surface area contributed by atoms with E-state index < -0.39 is 11.4 Å². The second-order valence-electron chi connectivity index (χ2n) is 8.84. The summed E-state index contributed by atoms with van der Waals surface area (Å²) in [6.07, 6.45) is 8.00. The molecular formula is C24H26FN3O3. The van der Waals surface area contributed by atoms with Gasteiger partial charge < -0.3 is 14.3 Å². The van der Waals surface area contributed by atoms with E-state index in [4.69, 9.17) is 4.42 Å². The zero-order valence-electron chi connectivity index (χ0n) is 17.6. The van der Waals surface area contributed by atoms with Crippen LogP contribution in [0, 0.1) is 5.82 Å². The summed E-state index contributed by atoms with van der Waals surface area (Å²) in [5.74, 6) is -1.01. The van der Waals surface area contributed by atoms with Gasteiger partial charge in [-0.25, -0.2) is 4.39 Å². The summed E-state index contributed by atoms with van der Waals surface area (Å²) in [7, 11) is 0. The van der Waals surface area contributed by atoms with E-state index in [0.29, 0.717) is 17.0 Å². The number of hydrogen-bond donors (Lipinski definition) is 1. The van der Waals surface area contributed by atoms with Crippen molar-refractivity contribution in [3.05, 3.63) is 54.2 Å². The maximum atomic E-state index is 14.1. The van der Waals surface area contributed by atoms with E-state index in [-0.39, 0.29) is 24.4 Å². The Morgan fingerprint density at radius 2 is 1.94 bits per heavy atom. The smallest absolute Gasteiger partial charge is 0.276 e. The van der Waals surface area contributed by atoms with Crippen molar-refractivity contribution in [3.8, 4) is 0 Å². The van der Waals surface area contributed by atoms with Crippen LogP contribution in [0.5, 0.6) is 0 Å². The second kappa shape index (κ2) is 7.55. The lowest BCUT2D eigenvalue weighted by atomic mass is 9.92. The van der Waals surface area contributed by atoms with Crippen LogP contribution in [0.3, 0.4) is 0 Å². The van der Waals surface area contributed by atoms with Crippen LogP contribution in [0.1, 0.15) is 55.9 Å². The van der Waals surface area contributed by atoms with Crippen LogP contribution in [0.15, 0.2) is 47.1 Å². The molecular weight excluding hydrogens is 397 g/mol. The molecule has 0 spiro atoms. The third-order valence-electron chi connectivity index (χ3n) is 6.65. The lowest BCUT2D eigenvalue weighted by molar-refractivity contribution is -0.127. The van der Waals surface area contributed by atoms with Crippen molar-refractivity contribution in [2.45, 2.75) is 63.6 Å². The summed E-state index contributed by atoms with van der Waals surface area (Å²) in [5, 5.41) is 3.21. The highest BCUT2D eigenvalue weighted by Gasteiger charge is 2.49. The van der Waals surface area contributed by atoms with Crippen molar-refractivity contribution in [3.63, 3.8) is 0 Å². The van der Waals surface area contributed by atoms with Crippen LogP contribution in [0.2, 0.25) is 0 Å². The van der Waals surface area contributed by atoms with Gasteiger partial charge in [-0.3, -0.25) is 14.5 Å². The van der Waals surface area contributed by atoms with E-state index in [0.717, 1.165) is 31.2 Å². The first-order chi connectivity index (χ1) is 15.0. The van der Waals surface area contributed by atoms with Crippen molar-refractivity contribution in [2.24, 2.45) is 0 Å². The topological polar surface area (TPSA) is 67.5 Å². The van der Waals surface area contributed by atoms with E-state index in [1.165, 1.54) is 29.9 Å². The molecule has 1 atom stereocenters. The molecule has 0 bridgehead atoms. The van der Waals surface area contributed by atoms with Gasteiger partial charge in [0.25, 0.3) is 5.91 Å². The predicted octanol–water partition coefficient (Wildman–Crippen LogP) is 4.63. The van der Waals surface area contributed by atoms with Crippen molar-refractivity contribution in [1.82, 2.24) is 9.88 Å². The molecule has 162 valence electrons. The number of furan rings is 1. The molecule has 1 fully saturated rings. The minimum atomic E-state index is -1.21. The Labute approximate surface area is 180 Å². The minimum absolute atomic E-state index is 0.0938. The molecule has 1 saturated carbocycles. The largest absolute Gasteiger partial charge is 0.463 e. The number of hydrogen-bond acceptors (Lipinski definition) is 3. The van der Waals surface area contributed by atoms with Gasteiger partial charge in [0.1, 0.15) is 17.1 Å². The van der Waals surface area contributed by atoms with Gasteiger partial charge in [-0.1, -0.05) is 31.7 Å². The predicted molar refractivity (Wildman–Crippen MR) is 115 cm³/mol. The van der Waals surface area contributed by atoms with E-state index in [1.54, 1.807) is 37.5 Å².